The number of pyridine rings is 1. The summed E-state index contributed by atoms with van der Waals surface area (Å²) in [4.78, 5) is 4.78. The van der Waals surface area contributed by atoms with E-state index in [1.807, 2.05) is 12.3 Å². The third kappa shape index (κ3) is 6.69. The van der Waals surface area contributed by atoms with Crippen molar-refractivity contribution in [3.8, 4) is 34.1 Å². The minimum absolute atomic E-state index is 0. The number of hydrogen-bond donors (Lipinski definition) is 0. The molecule has 3 heterocycles. The maximum Gasteiger partial charge on any atom is 2.00 e. The van der Waals surface area contributed by atoms with Crippen LogP contribution in [-0.2, 0) is 53.2 Å². The summed E-state index contributed by atoms with van der Waals surface area (Å²) in [5.41, 5.74) is 13.0. The summed E-state index contributed by atoms with van der Waals surface area (Å²) in [5.74, 6) is 2.45. The van der Waals surface area contributed by atoms with E-state index in [1.54, 1.807) is 0 Å². The van der Waals surface area contributed by atoms with Crippen molar-refractivity contribution in [1.29, 1.82) is 0 Å². The molecule has 3 aromatic heterocycles. The van der Waals surface area contributed by atoms with E-state index < -0.39 is 0 Å². The van der Waals surface area contributed by atoms with Gasteiger partial charge >= 0.3 is 21.1 Å². The number of hydrogen-bond acceptors (Lipinski definition) is 3. The van der Waals surface area contributed by atoms with Crippen LogP contribution in [0.3, 0.4) is 0 Å². The van der Waals surface area contributed by atoms with Crippen LogP contribution in [0.2, 0.25) is 0 Å². The third-order valence-corrected chi connectivity index (χ3v) is 9.94. The van der Waals surface area contributed by atoms with Crippen molar-refractivity contribution < 1.29 is 25.8 Å². The minimum atomic E-state index is 0. The van der Waals surface area contributed by atoms with Crippen molar-refractivity contribution in [2.75, 3.05) is 0 Å². The average molecular weight is 854 g/mol. The maximum absolute atomic E-state index is 6.68. The zero-order valence-electron chi connectivity index (χ0n) is 30.7. The smallest absolute Gasteiger partial charge is 0.509 e. The number of nitrogens with zero attached hydrogens (tertiary/aromatic N) is 4. The minimum Gasteiger partial charge on any atom is -0.509 e. The van der Waals surface area contributed by atoms with Crippen molar-refractivity contribution in [2.45, 2.75) is 86.5 Å². The number of rotatable bonds is 11. The third-order valence-electron chi connectivity index (χ3n) is 9.94. The second-order valence-corrected chi connectivity index (χ2v) is 13.3. The average Bonchev–Trinajstić information content (AvgIpc) is 3.69. The Bertz CT molecular complexity index is 2310. The fourth-order valence-electron chi connectivity index (χ4n) is 7.27. The molecule has 5 nitrogen and oxygen atoms in total. The van der Waals surface area contributed by atoms with E-state index in [4.69, 9.17) is 14.8 Å². The van der Waals surface area contributed by atoms with Crippen LogP contribution in [-0.4, -0.2) is 19.3 Å². The summed E-state index contributed by atoms with van der Waals surface area (Å²) >= 11 is 0. The van der Waals surface area contributed by atoms with Crippen LogP contribution in [0.1, 0.15) is 88.0 Å². The molecule has 0 atom stereocenters. The fourth-order valence-corrected chi connectivity index (χ4v) is 7.27. The van der Waals surface area contributed by atoms with Gasteiger partial charge in [-0.15, -0.1) is 41.3 Å². The number of aromatic nitrogens is 4. The summed E-state index contributed by atoms with van der Waals surface area (Å²) in [5, 5.41) is 7.55. The van der Waals surface area contributed by atoms with E-state index in [0.717, 1.165) is 71.1 Å². The molecule has 0 spiro atoms. The first-order valence-corrected chi connectivity index (χ1v) is 18.3. The SMILES string of the molecule is CCc1ccnc(-n2c3[c-]c(Oc4[c-]c(-n5nc(CC)c(-c6c(CC)cccc6CC)c5CC)cc(C(C)C)c4)ccc3c3ccccc32)c1.[Pt+2]. The van der Waals surface area contributed by atoms with E-state index in [2.05, 4.69) is 143 Å². The van der Waals surface area contributed by atoms with E-state index in [1.165, 1.54) is 39.1 Å². The molecule has 0 radical (unpaired) electrons. The van der Waals surface area contributed by atoms with Crippen molar-refractivity contribution in [3.63, 3.8) is 0 Å². The fraction of sp³-hybridized carbons (Fsp3) is 0.289. The Kier molecular flexibility index (Phi) is 11.0. The van der Waals surface area contributed by atoms with Gasteiger partial charge in [0.25, 0.3) is 0 Å². The van der Waals surface area contributed by atoms with Crippen LogP contribution in [0, 0.1) is 12.1 Å². The Labute approximate surface area is 317 Å². The van der Waals surface area contributed by atoms with Gasteiger partial charge in [-0.05, 0) is 89.5 Å². The standard InChI is InChI=1S/C45H46N4O.Pt/c1-8-30-22-23-46-43(24-30)48-41-19-14-13-18-37(41)38-21-20-35(28-42(38)48)50-36-26-33(29(6)7)25-34(27-36)49-40(12-5)45(39(11-4)47-49)44-31(9-2)16-15-17-32(44)10-3;/h13-26,29H,8-12H2,1-7H3;/q-2;+2. The number of benzene rings is 4. The summed E-state index contributed by atoms with van der Waals surface area (Å²) in [6.07, 6.45) is 6.49. The van der Waals surface area contributed by atoms with Gasteiger partial charge in [-0.1, -0.05) is 90.4 Å². The second kappa shape index (κ2) is 15.4. The van der Waals surface area contributed by atoms with Crippen LogP contribution in [0.5, 0.6) is 11.5 Å². The summed E-state index contributed by atoms with van der Waals surface area (Å²) in [7, 11) is 0. The molecule has 0 N–H and O–H groups in total. The molecule has 0 unspecified atom stereocenters. The molecule has 0 saturated carbocycles. The Morgan fingerprint density at radius 3 is 2.16 bits per heavy atom. The van der Waals surface area contributed by atoms with Crippen LogP contribution in [0.15, 0.2) is 85.1 Å². The zero-order valence-corrected chi connectivity index (χ0v) is 33.0. The Morgan fingerprint density at radius 1 is 0.706 bits per heavy atom. The van der Waals surface area contributed by atoms with Crippen molar-refractivity contribution in [2.24, 2.45) is 0 Å². The topological polar surface area (TPSA) is 44.9 Å². The van der Waals surface area contributed by atoms with Gasteiger partial charge in [-0.2, -0.15) is 11.2 Å². The van der Waals surface area contributed by atoms with Crippen molar-refractivity contribution in [1.82, 2.24) is 19.3 Å². The van der Waals surface area contributed by atoms with Gasteiger partial charge in [0.2, 0.25) is 0 Å². The molecule has 0 fully saturated rings. The molecule has 7 aromatic rings. The van der Waals surface area contributed by atoms with Gasteiger partial charge in [0, 0.05) is 34.5 Å². The summed E-state index contributed by atoms with van der Waals surface area (Å²) in [6.45, 7) is 15.5. The normalized spacial score (nSPS) is 11.5. The van der Waals surface area contributed by atoms with Crippen molar-refractivity contribution >= 4 is 21.8 Å². The molecular formula is C45H46N4OPt. The number of aryl methyl sites for hydroxylation is 4. The summed E-state index contributed by atoms with van der Waals surface area (Å²) < 4.78 is 11.0. The van der Waals surface area contributed by atoms with E-state index >= 15 is 0 Å². The van der Waals surface area contributed by atoms with Crippen LogP contribution in [0.4, 0.5) is 0 Å². The molecule has 262 valence electrons. The molecule has 0 aliphatic carbocycles. The van der Waals surface area contributed by atoms with Crippen molar-refractivity contribution in [3.05, 3.63) is 131 Å². The first-order valence-electron chi connectivity index (χ1n) is 18.3. The molecule has 4 aromatic carbocycles. The van der Waals surface area contributed by atoms with Gasteiger partial charge in [-0.3, -0.25) is 4.68 Å². The van der Waals surface area contributed by atoms with Gasteiger partial charge < -0.3 is 9.30 Å². The molecule has 0 aliphatic heterocycles. The molecular weight excluding hydrogens is 808 g/mol. The van der Waals surface area contributed by atoms with Crippen LogP contribution >= 0.6 is 0 Å². The van der Waals surface area contributed by atoms with E-state index in [0.29, 0.717) is 11.5 Å². The van der Waals surface area contributed by atoms with E-state index in [9.17, 15) is 0 Å². The molecule has 7 rings (SSSR count). The largest absolute Gasteiger partial charge is 2.00 e. The Hall–Kier alpha value is -4.47. The van der Waals surface area contributed by atoms with E-state index in [-0.39, 0.29) is 27.0 Å². The summed E-state index contributed by atoms with van der Waals surface area (Å²) in [6, 6.07) is 35.2. The molecule has 0 amide bonds. The molecule has 0 aliphatic rings. The zero-order chi connectivity index (χ0) is 34.9. The Balaban J connectivity index is 0.00000448. The van der Waals surface area contributed by atoms with Gasteiger partial charge in [0.1, 0.15) is 5.82 Å². The molecule has 0 saturated heterocycles. The molecule has 51 heavy (non-hydrogen) atoms. The van der Waals surface area contributed by atoms with Gasteiger partial charge in [0.05, 0.1) is 5.69 Å². The Morgan fingerprint density at radius 2 is 1.47 bits per heavy atom. The first kappa shape index (κ1) is 36.3. The first-order chi connectivity index (χ1) is 24.4. The predicted molar refractivity (Wildman–Crippen MR) is 206 cm³/mol. The van der Waals surface area contributed by atoms with Gasteiger partial charge in [0.15, 0.2) is 0 Å². The van der Waals surface area contributed by atoms with Crippen LogP contribution in [0.25, 0.3) is 44.4 Å². The number of fused-ring (bicyclic) bond motifs is 3. The number of para-hydroxylation sites is 1. The molecule has 6 heteroatoms. The quantitative estimate of drug-likeness (QED) is 0.122. The maximum atomic E-state index is 6.68. The monoisotopic (exact) mass is 853 g/mol. The number of ether oxygens (including phenoxy) is 1. The van der Waals surface area contributed by atoms with Crippen LogP contribution < -0.4 is 4.74 Å². The predicted octanol–water partition coefficient (Wildman–Crippen LogP) is 11.4. The second-order valence-electron chi connectivity index (χ2n) is 13.3. The van der Waals surface area contributed by atoms with Gasteiger partial charge in [-0.25, -0.2) is 4.98 Å². The molecule has 0 bridgehead atoms.